The van der Waals surface area contributed by atoms with Crippen LogP contribution in [0.25, 0.3) is 0 Å². The molecule has 4 nitrogen and oxygen atoms in total. The molecule has 8 heteroatoms. The van der Waals surface area contributed by atoms with Crippen molar-refractivity contribution in [1.29, 1.82) is 0 Å². The lowest BCUT2D eigenvalue weighted by Gasteiger charge is -2.17. The Kier molecular flexibility index (Phi) is 7.37. The van der Waals surface area contributed by atoms with E-state index in [1.807, 2.05) is 6.92 Å². The molecule has 3 aromatic carbocycles. The van der Waals surface area contributed by atoms with Crippen molar-refractivity contribution in [3.63, 3.8) is 0 Å². The second-order valence-electron chi connectivity index (χ2n) is 6.97. The van der Waals surface area contributed by atoms with E-state index in [2.05, 4.69) is 15.9 Å². The lowest BCUT2D eigenvalue weighted by molar-refractivity contribution is 0.0920. The highest BCUT2D eigenvalue weighted by Crippen LogP contribution is 2.27. The molecule has 0 heterocycles. The number of ketones is 2. The zero-order chi connectivity index (χ0) is 22.8. The molecular formula is C23H17BrCl2O4S. The van der Waals surface area contributed by atoms with Gasteiger partial charge >= 0.3 is 0 Å². The molecule has 0 saturated heterocycles. The van der Waals surface area contributed by atoms with Crippen molar-refractivity contribution in [2.75, 3.05) is 0 Å². The number of carbonyl (C=O) groups excluding carboxylic acids is 2. The predicted molar refractivity (Wildman–Crippen MR) is 126 cm³/mol. The summed E-state index contributed by atoms with van der Waals surface area (Å²) in [5, 5.41) is -1.16. The Morgan fingerprint density at radius 1 is 0.935 bits per heavy atom. The Bertz CT molecular complexity index is 1240. The summed E-state index contributed by atoms with van der Waals surface area (Å²) in [5.74, 6) is -1.22. The number of aryl methyl sites for hydroxylation is 1. The van der Waals surface area contributed by atoms with Gasteiger partial charge in [-0.2, -0.15) is 0 Å². The van der Waals surface area contributed by atoms with Crippen LogP contribution in [0.1, 0.15) is 32.7 Å². The Morgan fingerprint density at radius 2 is 1.55 bits per heavy atom. The summed E-state index contributed by atoms with van der Waals surface area (Å²) in [7, 11) is -4.15. The van der Waals surface area contributed by atoms with Gasteiger partial charge in [-0.15, -0.1) is 0 Å². The second-order valence-corrected chi connectivity index (χ2v) is 10.9. The Hall–Kier alpha value is -1.99. The fourth-order valence-corrected chi connectivity index (χ4v) is 5.44. The second kappa shape index (κ2) is 9.65. The molecule has 3 aromatic rings. The van der Waals surface area contributed by atoms with E-state index < -0.39 is 33.1 Å². The number of carbonyl (C=O) groups is 2. The van der Waals surface area contributed by atoms with E-state index >= 15 is 0 Å². The van der Waals surface area contributed by atoms with Crippen LogP contribution in [0.2, 0.25) is 10.0 Å². The highest BCUT2D eigenvalue weighted by molar-refractivity contribution is 9.10. The third-order valence-corrected chi connectivity index (χ3v) is 7.88. The van der Waals surface area contributed by atoms with Crippen LogP contribution in [0.5, 0.6) is 0 Å². The first-order chi connectivity index (χ1) is 14.6. The van der Waals surface area contributed by atoms with Crippen LogP contribution in [0.15, 0.2) is 76.1 Å². The normalized spacial score (nSPS) is 12.4. The molecule has 0 aliphatic rings. The molecular weight excluding hydrogens is 523 g/mol. The number of hydrogen-bond donors (Lipinski definition) is 0. The van der Waals surface area contributed by atoms with Gasteiger partial charge in [0.15, 0.2) is 21.4 Å². The van der Waals surface area contributed by atoms with Gasteiger partial charge in [-0.1, -0.05) is 69.0 Å². The molecule has 0 unspecified atom stereocenters. The van der Waals surface area contributed by atoms with Gasteiger partial charge in [-0.3, -0.25) is 9.59 Å². The van der Waals surface area contributed by atoms with E-state index in [4.69, 9.17) is 23.2 Å². The van der Waals surface area contributed by atoms with Crippen molar-refractivity contribution in [3.8, 4) is 0 Å². The number of sulfone groups is 1. The molecule has 0 N–H and O–H groups in total. The summed E-state index contributed by atoms with van der Waals surface area (Å²) >= 11 is 15.3. The van der Waals surface area contributed by atoms with Crippen molar-refractivity contribution in [2.45, 2.75) is 23.5 Å². The largest absolute Gasteiger partial charge is 0.294 e. The van der Waals surface area contributed by atoms with Gasteiger partial charge in [0, 0.05) is 27.0 Å². The summed E-state index contributed by atoms with van der Waals surface area (Å²) in [6.07, 6.45) is -0.549. The summed E-state index contributed by atoms with van der Waals surface area (Å²) in [6.45, 7) is 1.83. The zero-order valence-corrected chi connectivity index (χ0v) is 20.2. The SMILES string of the molecule is Cc1ccc(S(=O)(=O)[C@@H](CC(=O)c2ccc(Cl)cc2Cl)C(=O)c2ccc(Br)cc2)cc1. The number of benzene rings is 3. The smallest absolute Gasteiger partial charge is 0.189 e. The molecule has 0 aliphatic heterocycles. The molecule has 31 heavy (non-hydrogen) atoms. The van der Waals surface area contributed by atoms with Crippen LogP contribution in [-0.2, 0) is 9.84 Å². The van der Waals surface area contributed by atoms with Gasteiger partial charge in [0.1, 0.15) is 5.25 Å². The minimum absolute atomic E-state index is 0.0245. The first kappa shape index (κ1) is 23.7. The fraction of sp³-hybridized carbons (Fsp3) is 0.130. The molecule has 3 rings (SSSR count). The lowest BCUT2D eigenvalue weighted by Crippen LogP contribution is -2.33. The molecule has 0 aliphatic carbocycles. The molecule has 1 atom stereocenters. The molecule has 0 aromatic heterocycles. The molecule has 0 spiro atoms. The first-order valence-corrected chi connectivity index (χ1v) is 12.3. The van der Waals surface area contributed by atoms with Gasteiger partial charge in [-0.25, -0.2) is 8.42 Å². The van der Waals surface area contributed by atoms with E-state index in [9.17, 15) is 18.0 Å². The summed E-state index contributed by atoms with van der Waals surface area (Å²) in [6, 6.07) is 16.8. The maximum atomic E-state index is 13.4. The summed E-state index contributed by atoms with van der Waals surface area (Å²) < 4.78 is 27.5. The Balaban J connectivity index is 2.05. The average Bonchev–Trinajstić information content (AvgIpc) is 2.72. The maximum Gasteiger partial charge on any atom is 0.189 e. The monoisotopic (exact) mass is 538 g/mol. The standard InChI is InChI=1S/C23H17BrCl2O4S/c1-14-2-9-18(10-3-14)31(29,30)22(23(28)15-4-6-16(24)7-5-15)13-21(27)19-11-8-17(25)12-20(19)26/h2-12,22H,13H2,1H3/t22-/m0/s1. The van der Waals surface area contributed by atoms with E-state index in [1.54, 1.807) is 24.3 Å². The van der Waals surface area contributed by atoms with Crippen LogP contribution in [0.3, 0.4) is 0 Å². The third kappa shape index (κ3) is 5.44. The van der Waals surface area contributed by atoms with Crippen molar-refractivity contribution in [3.05, 3.63) is 97.9 Å². The van der Waals surface area contributed by atoms with Crippen molar-refractivity contribution in [2.24, 2.45) is 0 Å². The van der Waals surface area contributed by atoms with Crippen LogP contribution >= 0.6 is 39.1 Å². The summed E-state index contributed by atoms with van der Waals surface area (Å²) in [5.41, 5.74) is 1.18. The number of Topliss-reactive ketones (excluding diaryl/α,β-unsaturated/α-hetero) is 2. The molecule has 0 radical (unpaired) electrons. The zero-order valence-electron chi connectivity index (χ0n) is 16.3. The third-order valence-electron chi connectivity index (χ3n) is 4.75. The van der Waals surface area contributed by atoms with Gasteiger partial charge < -0.3 is 0 Å². The molecule has 0 fully saturated rings. The Labute approximate surface area is 199 Å². The van der Waals surface area contributed by atoms with Crippen LogP contribution in [-0.4, -0.2) is 25.2 Å². The maximum absolute atomic E-state index is 13.4. The average molecular weight is 540 g/mol. The lowest BCUT2D eigenvalue weighted by atomic mass is 10.0. The summed E-state index contributed by atoms with van der Waals surface area (Å²) in [4.78, 5) is 26.2. The van der Waals surface area contributed by atoms with Crippen molar-refractivity contribution in [1.82, 2.24) is 0 Å². The molecule has 0 saturated carbocycles. The predicted octanol–water partition coefficient (Wildman–Crippen LogP) is 6.36. The fourth-order valence-electron chi connectivity index (χ4n) is 3.03. The first-order valence-electron chi connectivity index (χ1n) is 9.18. The van der Waals surface area contributed by atoms with E-state index in [-0.39, 0.29) is 21.0 Å². The number of rotatable bonds is 7. The highest BCUT2D eigenvalue weighted by Gasteiger charge is 2.37. The minimum atomic E-state index is -4.15. The minimum Gasteiger partial charge on any atom is -0.294 e. The highest BCUT2D eigenvalue weighted by atomic mass is 79.9. The van der Waals surface area contributed by atoms with E-state index in [0.29, 0.717) is 5.02 Å². The van der Waals surface area contributed by atoms with Crippen LogP contribution < -0.4 is 0 Å². The van der Waals surface area contributed by atoms with E-state index in [1.165, 1.54) is 42.5 Å². The topological polar surface area (TPSA) is 68.3 Å². The van der Waals surface area contributed by atoms with Crippen molar-refractivity contribution < 1.29 is 18.0 Å². The van der Waals surface area contributed by atoms with Crippen LogP contribution in [0, 0.1) is 6.92 Å². The number of hydrogen-bond acceptors (Lipinski definition) is 4. The van der Waals surface area contributed by atoms with Gasteiger partial charge in [-0.05, 0) is 49.4 Å². The number of halogens is 3. The quantitative estimate of drug-likeness (QED) is 0.327. The Morgan fingerprint density at radius 3 is 2.13 bits per heavy atom. The van der Waals surface area contributed by atoms with Crippen molar-refractivity contribution >= 4 is 60.5 Å². The molecule has 0 bridgehead atoms. The molecule has 160 valence electrons. The van der Waals surface area contributed by atoms with Crippen LogP contribution in [0.4, 0.5) is 0 Å². The van der Waals surface area contributed by atoms with Gasteiger partial charge in [0.05, 0.1) is 9.92 Å². The van der Waals surface area contributed by atoms with E-state index in [0.717, 1.165) is 10.0 Å². The van der Waals surface area contributed by atoms with Gasteiger partial charge in [0.2, 0.25) is 0 Å². The van der Waals surface area contributed by atoms with Gasteiger partial charge in [0.25, 0.3) is 0 Å². The molecule has 0 amide bonds.